The summed E-state index contributed by atoms with van der Waals surface area (Å²) < 4.78 is 26.7. The summed E-state index contributed by atoms with van der Waals surface area (Å²) >= 11 is 4.24. The molecule has 0 aliphatic carbocycles. The molecular formula is C14H13NO3S4. The second-order valence-electron chi connectivity index (χ2n) is 4.51. The predicted molar refractivity (Wildman–Crippen MR) is 92.1 cm³/mol. The lowest BCUT2D eigenvalue weighted by atomic mass is 10.2. The molecule has 3 aromatic rings. The number of hydrogen-bond acceptors (Lipinski definition) is 6. The zero-order chi connectivity index (χ0) is 15.6. The normalized spacial score (nSPS) is 13.3. The molecule has 0 radical (unpaired) electrons. The highest BCUT2D eigenvalue weighted by Gasteiger charge is 2.18. The molecular weight excluding hydrogens is 358 g/mol. The molecule has 1 unspecified atom stereocenters. The third kappa shape index (κ3) is 3.48. The van der Waals surface area contributed by atoms with Crippen molar-refractivity contribution in [3.63, 3.8) is 0 Å². The van der Waals surface area contributed by atoms with E-state index >= 15 is 0 Å². The highest BCUT2D eigenvalue weighted by molar-refractivity contribution is 7.91. The third-order valence-corrected chi connectivity index (χ3v) is 7.73. The van der Waals surface area contributed by atoms with Crippen molar-refractivity contribution < 1.29 is 13.5 Å². The lowest BCUT2D eigenvalue weighted by Crippen LogP contribution is -2.27. The van der Waals surface area contributed by atoms with E-state index in [2.05, 4.69) is 4.72 Å². The molecule has 0 saturated carbocycles. The van der Waals surface area contributed by atoms with Gasteiger partial charge in [-0.3, -0.25) is 0 Å². The highest BCUT2D eigenvalue weighted by Crippen LogP contribution is 2.32. The van der Waals surface area contributed by atoms with E-state index < -0.39 is 16.1 Å². The Balaban J connectivity index is 1.67. The minimum atomic E-state index is -3.54. The molecule has 3 rings (SSSR count). The minimum Gasteiger partial charge on any atom is -0.386 e. The van der Waals surface area contributed by atoms with Crippen LogP contribution in [0.3, 0.4) is 0 Å². The van der Waals surface area contributed by atoms with Crippen LogP contribution in [0.25, 0.3) is 10.4 Å². The monoisotopic (exact) mass is 371 g/mol. The second-order valence-corrected chi connectivity index (χ2v) is 9.35. The number of rotatable bonds is 6. The Hall–Kier alpha value is -1.03. The van der Waals surface area contributed by atoms with Gasteiger partial charge in [0.2, 0.25) is 10.0 Å². The lowest BCUT2D eigenvalue weighted by molar-refractivity contribution is 0.186. The maximum Gasteiger partial charge on any atom is 0.250 e. The smallest absolute Gasteiger partial charge is 0.250 e. The van der Waals surface area contributed by atoms with Gasteiger partial charge in [-0.05, 0) is 40.4 Å². The Labute approximate surface area is 140 Å². The van der Waals surface area contributed by atoms with Crippen LogP contribution >= 0.6 is 34.0 Å². The van der Waals surface area contributed by atoms with Crippen LogP contribution in [-0.4, -0.2) is 20.1 Å². The van der Waals surface area contributed by atoms with Crippen molar-refractivity contribution >= 4 is 44.0 Å². The van der Waals surface area contributed by atoms with Gasteiger partial charge in [0, 0.05) is 21.9 Å². The first-order valence-corrected chi connectivity index (χ1v) is 10.5. The molecule has 116 valence electrons. The Morgan fingerprint density at radius 2 is 2.05 bits per heavy atom. The number of nitrogens with one attached hydrogen (secondary N) is 1. The SMILES string of the molecule is O=S(=O)(NCC(O)c1ccc(-c2ccsc2)s1)c1cccs1. The lowest BCUT2D eigenvalue weighted by Gasteiger charge is -2.09. The summed E-state index contributed by atoms with van der Waals surface area (Å²) in [6.07, 6.45) is -0.855. The molecule has 0 spiro atoms. The van der Waals surface area contributed by atoms with E-state index in [9.17, 15) is 13.5 Å². The van der Waals surface area contributed by atoms with Crippen LogP contribution in [0.15, 0.2) is 50.7 Å². The Bertz CT molecular complexity index is 819. The number of aliphatic hydroxyl groups is 1. The van der Waals surface area contributed by atoms with E-state index in [1.54, 1.807) is 28.8 Å². The Kier molecular flexibility index (Phi) is 4.76. The third-order valence-electron chi connectivity index (χ3n) is 2.99. The summed E-state index contributed by atoms with van der Waals surface area (Å²) in [7, 11) is -3.54. The van der Waals surface area contributed by atoms with Crippen LogP contribution in [0.2, 0.25) is 0 Å². The first-order chi connectivity index (χ1) is 10.6. The van der Waals surface area contributed by atoms with Crippen LogP contribution in [0.1, 0.15) is 11.0 Å². The fourth-order valence-electron chi connectivity index (χ4n) is 1.87. The fourth-order valence-corrected chi connectivity index (χ4v) is 5.67. The molecule has 0 fully saturated rings. The molecule has 0 amide bonds. The van der Waals surface area contributed by atoms with E-state index in [1.807, 2.05) is 29.0 Å². The van der Waals surface area contributed by atoms with E-state index in [0.29, 0.717) is 0 Å². The zero-order valence-electron chi connectivity index (χ0n) is 11.3. The van der Waals surface area contributed by atoms with Crippen molar-refractivity contribution in [3.05, 3.63) is 51.3 Å². The van der Waals surface area contributed by atoms with Crippen LogP contribution < -0.4 is 4.72 Å². The van der Waals surface area contributed by atoms with Crippen molar-refractivity contribution in [2.24, 2.45) is 0 Å². The standard InChI is InChI=1S/C14H13NO3S4/c16-11(8-15-22(17,18)14-2-1-6-20-14)13-4-3-12(21-13)10-5-7-19-9-10/h1-7,9,11,15-16H,8H2. The molecule has 22 heavy (non-hydrogen) atoms. The van der Waals surface area contributed by atoms with Gasteiger partial charge in [0.1, 0.15) is 10.3 Å². The summed E-state index contributed by atoms with van der Waals surface area (Å²) in [5.41, 5.74) is 1.12. The van der Waals surface area contributed by atoms with Gasteiger partial charge in [-0.25, -0.2) is 13.1 Å². The summed E-state index contributed by atoms with van der Waals surface area (Å²) in [5.74, 6) is 0. The fraction of sp³-hybridized carbons (Fsp3) is 0.143. The molecule has 3 heterocycles. The predicted octanol–water partition coefficient (Wildman–Crippen LogP) is 3.55. The maximum atomic E-state index is 12.0. The van der Waals surface area contributed by atoms with E-state index in [1.165, 1.54) is 11.3 Å². The molecule has 8 heteroatoms. The van der Waals surface area contributed by atoms with Gasteiger partial charge in [0.05, 0.1) is 0 Å². The van der Waals surface area contributed by atoms with Gasteiger partial charge in [0.15, 0.2) is 0 Å². The first-order valence-electron chi connectivity index (χ1n) is 6.40. The van der Waals surface area contributed by atoms with Crippen molar-refractivity contribution in [1.29, 1.82) is 0 Å². The summed E-state index contributed by atoms with van der Waals surface area (Å²) in [5, 5.41) is 15.9. The number of aliphatic hydroxyl groups excluding tert-OH is 1. The van der Waals surface area contributed by atoms with E-state index in [0.717, 1.165) is 26.7 Å². The van der Waals surface area contributed by atoms with Gasteiger partial charge in [-0.2, -0.15) is 11.3 Å². The summed E-state index contributed by atoms with van der Waals surface area (Å²) in [4.78, 5) is 1.81. The zero-order valence-corrected chi connectivity index (χ0v) is 14.6. The van der Waals surface area contributed by atoms with Crippen LogP contribution in [0.4, 0.5) is 0 Å². The number of sulfonamides is 1. The molecule has 0 aromatic carbocycles. The maximum absolute atomic E-state index is 12.0. The number of hydrogen-bond donors (Lipinski definition) is 2. The number of thiophene rings is 3. The average Bonchev–Trinajstić information content (AvgIpc) is 3.26. The van der Waals surface area contributed by atoms with Gasteiger partial charge in [-0.1, -0.05) is 6.07 Å². The van der Waals surface area contributed by atoms with Crippen molar-refractivity contribution in [2.75, 3.05) is 6.54 Å². The molecule has 0 bridgehead atoms. The molecule has 3 aromatic heterocycles. The molecule has 2 N–H and O–H groups in total. The summed E-state index contributed by atoms with van der Waals surface area (Å²) in [6.45, 7) is -0.0379. The van der Waals surface area contributed by atoms with Gasteiger partial charge >= 0.3 is 0 Å². The van der Waals surface area contributed by atoms with Gasteiger partial charge in [-0.15, -0.1) is 22.7 Å². The van der Waals surface area contributed by atoms with Crippen LogP contribution in [0, 0.1) is 0 Å². The van der Waals surface area contributed by atoms with E-state index in [-0.39, 0.29) is 10.8 Å². The second kappa shape index (κ2) is 6.61. The van der Waals surface area contributed by atoms with Crippen LogP contribution in [0.5, 0.6) is 0 Å². The Morgan fingerprint density at radius 1 is 1.18 bits per heavy atom. The van der Waals surface area contributed by atoms with E-state index in [4.69, 9.17) is 0 Å². The highest BCUT2D eigenvalue weighted by atomic mass is 32.2. The first kappa shape index (κ1) is 15.9. The molecule has 0 aliphatic heterocycles. The van der Waals surface area contributed by atoms with Gasteiger partial charge in [0.25, 0.3) is 0 Å². The van der Waals surface area contributed by atoms with Crippen molar-refractivity contribution in [1.82, 2.24) is 4.72 Å². The van der Waals surface area contributed by atoms with Gasteiger partial charge < -0.3 is 5.11 Å². The van der Waals surface area contributed by atoms with Crippen molar-refractivity contribution in [3.8, 4) is 10.4 Å². The molecule has 4 nitrogen and oxygen atoms in total. The molecule has 0 saturated heterocycles. The largest absolute Gasteiger partial charge is 0.386 e. The topological polar surface area (TPSA) is 66.4 Å². The summed E-state index contributed by atoms with van der Waals surface area (Å²) in [6, 6.07) is 9.02. The van der Waals surface area contributed by atoms with Crippen molar-refractivity contribution in [2.45, 2.75) is 10.3 Å². The average molecular weight is 372 g/mol. The Morgan fingerprint density at radius 3 is 2.73 bits per heavy atom. The van der Waals surface area contributed by atoms with Crippen LogP contribution in [-0.2, 0) is 10.0 Å². The quantitative estimate of drug-likeness (QED) is 0.696. The molecule has 1 atom stereocenters. The molecule has 0 aliphatic rings. The minimum absolute atomic E-state index is 0.0379.